The third-order valence-electron chi connectivity index (χ3n) is 4.94. The molecular formula is C21H29N7O6S2. The maximum atomic E-state index is 13.2. The maximum Gasteiger partial charge on any atom is 0.407 e. The molecule has 0 saturated heterocycles. The first kappa shape index (κ1) is 28.5. The zero-order valence-corrected chi connectivity index (χ0v) is 21.4. The SMILES string of the molecule is COC(=O)N[C@@](CC=Cc1cnc[nH]1)(CCS(C)(=O)=O)C(=O)NCC(=O)NCc1ccc(C(=N)N)s1. The second-order valence-corrected chi connectivity index (χ2v) is 11.3. The molecule has 0 aliphatic rings. The average Bonchev–Trinajstić information content (AvgIpc) is 3.51. The van der Waals surface area contributed by atoms with Gasteiger partial charge in [0.25, 0.3) is 0 Å². The van der Waals surface area contributed by atoms with Crippen molar-refractivity contribution in [1.29, 1.82) is 5.41 Å². The zero-order chi connectivity index (χ0) is 26.8. The third-order valence-corrected chi connectivity index (χ3v) is 7.00. The highest BCUT2D eigenvalue weighted by Crippen LogP contribution is 2.20. The minimum absolute atomic E-state index is 0.0741. The van der Waals surface area contributed by atoms with Gasteiger partial charge in [-0.1, -0.05) is 6.08 Å². The number of hydrogen-bond acceptors (Lipinski definition) is 9. The van der Waals surface area contributed by atoms with Crippen LogP contribution in [0.4, 0.5) is 4.79 Å². The average molecular weight is 540 g/mol. The third kappa shape index (κ3) is 9.14. The molecule has 0 fully saturated rings. The molecule has 1 atom stereocenters. The van der Waals surface area contributed by atoms with Crippen LogP contribution in [0.25, 0.3) is 6.08 Å². The number of nitrogen functional groups attached to an aromatic ring is 1. The molecule has 196 valence electrons. The number of rotatable bonds is 13. The van der Waals surface area contributed by atoms with Crippen molar-refractivity contribution >= 4 is 51.0 Å². The fourth-order valence-electron chi connectivity index (χ4n) is 3.03. The number of aromatic amines is 1. The molecule has 0 aliphatic heterocycles. The maximum absolute atomic E-state index is 13.2. The van der Waals surface area contributed by atoms with Crippen LogP contribution >= 0.6 is 11.3 Å². The zero-order valence-electron chi connectivity index (χ0n) is 19.8. The van der Waals surface area contributed by atoms with Crippen LogP contribution in [0, 0.1) is 5.41 Å². The number of amidine groups is 1. The largest absolute Gasteiger partial charge is 0.453 e. The summed E-state index contributed by atoms with van der Waals surface area (Å²) in [5.74, 6) is -1.74. The number of ether oxygens (including phenoxy) is 1. The van der Waals surface area contributed by atoms with Gasteiger partial charge in [0.05, 0.1) is 49.0 Å². The number of hydrogen-bond donors (Lipinski definition) is 6. The van der Waals surface area contributed by atoms with Crippen molar-refractivity contribution in [2.24, 2.45) is 5.73 Å². The minimum atomic E-state index is -3.49. The summed E-state index contributed by atoms with van der Waals surface area (Å²) in [6.45, 7) is -0.253. The van der Waals surface area contributed by atoms with Crippen molar-refractivity contribution in [2.75, 3.05) is 25.7 Å². The van der Waals surface area contributed by atoms with Crippen molar-refractivity contribution < 1.29 is 27.5 Å². The number of H-pyrrole nitrogens is 1. The molecular weight excluding hydrogens is 510 g/mol. The predicted molar refractivity (Wildman–Crippen MR) is 135 cm³/mol. The van der Waals surface area contributed by atoms with Crippen molar-refractivity contribution in [1.82, 2.24) is 25.9 Å². The van der Waals surface area contributed by atoms with E-state index in [0.717, 1.165) is 18.2 Å². The molecule has 7 N–H and O–H groups in total. The fraction of sp³-hybridized carbons (Fsp3) is 0.381. The van der Waals surface area contributed by atoms with Crippen LogP contribution in [0.5, 0.6) is 0 Å². The molecule has 15 heteroatoms. The van der Waals surface area contributed by atoms with Gasteiger partial charge in [0.1, 0.15) is 21.2 Å². The Bertz CT molecular complexity index is 1210. The number of carbonyl (C=O) groups excluding carboxylic acids is 3. The Hall–Kier alpha value is -3.72. The van der Waals surface area contributed by atoms with Gasteiger partial charge in [-0.3, -0.25) is 15.0 Å². The first-order valence-corrected chi connectivity index (χ1v) is 13.5. The van der Waals surface area contributed by atoms with E-state index in [1.165, 1.54) is 17.7 Å². The molecule has 36 heavy (non-hydrogen) atoms. The summed E-state index contributed by atoms with van der Waals surface area (Å²) >= 11 is 1.25. The topological polar surface area (TPSA) is 209 Å². The van der Waals surface area contributed by atoms with Crippen LogP contribution in [0.1, 0.15) is 28.3 Å². The van der Waals surface area contributed by atoms with E-state index in [4.69, 9.17) is 11.1 Å². The molecule has 0 radical (unpaired) electrons. The molecule has 2 aromatic rings. The molecule has 0 unspecified atom stereocenters. The van der Waals surface area contributed by atoms with Gasteiger partial charge in [0.15, 0.2) is 0 Å². The molecule has 0 spiro atoms. The first-order chi connectivity index (χ1) is 16.9. The normalized spacial score (nSPS) is 13.1. The van der Waals surface area contributed by atoms with Crippen LogP contribution in [-0.4, -0.2) is 73.3 Å². The van der Waals surface area contributed by atoms with E-state index in [9.17, 15) is 22.8 Å². The summed E-state index contributed by atoms with van der Waals surface area (Å²) in [7, 11) is -2.38. The summed E-state index contributed by atoms with van der Waals surface area (Å²) in [4.78, 5) is 45.7. The second-order valence-electron chi connectivity index (χ2n) is 7.83. The molecule has 13 nitrogen and oxygen atoms in total. The molecule has 0 bridgehead atoms. The quantitative estimate of drug-likeness (QED) is 0.152. The van der Waals surface area contributed by atoms with Gasteiger partial charge in [-0.15, -0.1) is 11.3 Å². The van der Waals surface area contributed by atoms with Crippen LogP contribution in [0.15, 0.2) is 30.7 Å². The predicted octanol–water partition coefficient (Wildman–Crippen LogP) is 0.121. The van der Waals surface area contributed by atoms with Gasteiger partial charge in [-0.2, -0.15) is 0 Å². The fourth-order valence-corrected chi connectivity index (χ4v) is 4.55. The number of amides is 3. The Morgan fingerprint density at radius 1 is 1.31 bits per heavy atom. The molecule has 0 saturated carbocycles. The highest BCUT2D eigenvalue weighted by atomic mass is 32.2. The summed E-state index contributed by atoms with van der Waals surface area (Å²) in [6, 6.07) is 3.39. The molecule has 3 amide bonds. The van der Waals surface area contributed by atoms with E-state index < -0.39 is 45.6 Å². The summed E-state index contributed by atoms with van der Waals surface area (Å²) in [5.41, 5.74) is 4.36. The summed E-state index contributed by atoms with van der Waals surface area (Å²) in [6.07, 6.45) is 5.94. The molecule has 0 aliphatic carbocycles. The number of nitrogens with one attached hydrogen (secondary N) is 5. The number of aromatic nitrogens is 2. The van der Waals surface area contributed by atoms with Crippen LogP contribution < -0.4 is 21.7 Å². The van der Waals surface area contributed by atoms with E-state index in [1.54, 1.807) is 30.5 Å². The Morgan fingerprint density at radius 3 is 2.64 bits per heavy atom. The van der Waals surface area contributed by atoms with E-state index in [1.807, 2.05) is 0 Å². The number of nitrogens with two attached hydrogens (primary N) is 1. The Kier molecular flexibility index (Phi) is 10.2. The number of alkyl carbamates (subject to hydrolysis) is 1. The minimum Gasteiger partial charge on any atom is -0.453 e. The smallest absolute Gasteiger partial charge is 0.407 e. The number of thiophene rings is 1. The van der Waals surface area contributed by atoms with Crippen molar-refractivity contribution in [3.63, 3.8) is 0 Å². The van der Waals surface area contributed by atoms with Gasteiger partial charge >= 0.3 is 6.09 Å². The van der Waals surface area contributed by atoms with E-state index in [2.05, 4.69) is 30.7 Å². The molecule has 2 heterocycles. The number of nitrogens with zero attached hydrogens (tertiary/aromatic N) is 1. The van der Waals surface area contributed by atoms with Gasteiger partial charge in [-0.25, -0.2) is 18.2 Å². The second kappa shape index (κ2) is 12.8. The lowest BCUT2D eigenvalue weighted by molar-refractivity contribution is -0.130. The van der Waals surface area contributed by atoms with E-state index in [0.29, 0.717) is 10.6 Å². The van der Waals surface area contributed by atoms with E-state index >= 15 is 0 Å². The number of sulfone groups is 1. The van der Waals surface area contributed by atoms with Gasteiger partial charge < -0.3 is 31.4 Å². The van der Waals surface area contributed by atoms with Crippen molar-refractivity contribution in [3.8, 4) is 0 Å². The number of imidazole rings is 1. The van der Waals surface area contributed by atoms with Gasteiger partial charge in [-0.05, 0) is 31.1 Å². The van der Waals surface area contributed by atoms with Gasteiger partial charge in [0, 0.05) is 11.1 Å². The highest BCUT2D eigenvalue weighted by Gasteiger charge is 2.40. The highest BCUT2D eigenvalue weighted by molar-refractivity contribution is 7.90. The van der Waals surface area contributed by atoms with Crippen molar-refractivity contribution in [3.05, 3.63) is 46.2 Å². The summed E-state index contributed by atoms with van der Waals surface area (Å²) in [5, 5.41) is 15.0. The first-order valence-electron chi connectivity index (χ1n) is 10.6. The Morgan fingerprint density at radius 2 is 2.06 bits per heavy atom. The number of carbonyl (C=O) groups is 3. The monoisotopic (exact) mass is 539 g/mol. The van der Waals surface area contributed by atoms with Crippen LogP contribution in [0.2, 0.25) is 0 Å². The lowest BCUT2D eigenvalue weighted by atomic mass is 9.90. The molecule has 2 aromatic heterocycles. The van der Waals surface area contributed by atoms with Gasteiger partial charge in [0.2, 0.25) is 11.8 Å². The Labute approximate surface area is 212 Å². The van der Waals surface area contributed by atoms with Crippen molar-refractivity contribution in [2.45, 2.75) is 24.9 Å². The standard InChI is InChI=1S/C21H29N7O6S2/c1-34-20(31)28-21(8-9-36(2,32)33,7-3-4-14-10-24-13-27-14)19(30)26-12-17(29)25-11-15-5-6-16(35-15)18(22)23/h3-6,10,13H,7-9,11-12H2,1-2H3,(H3,22,23)(H,24,27)(H,25,29)(H,26,30)(H,28,31)/t21-/m0/s1. The van der Waals surface area contributed by atoms with E-state index in [-0.39, 0.29) is 25.2 Å². The molecule has 0 aromatic carbocycles. The van der Waals surface area contributed by atoms with Crippen LogP contribution in [0.3, 0.4) is 0 Å². The molecule has 2 rings (SSSR count). The Balaban J connectivity index is 2.13. The lowest BCUT2D eigenvalue weighted by Gasteiger charge is -2.32. The summed E-state index contributed by atoms with van der Waals surface area (Å²) < 4.78 is 28.4. The lowest BCUT2D eigenvalue weighted by Crippen LogP contribution is -2.60. The van der Waals surface area contributed by atoms with Crippen LogP contribution in [-0.2, 0) is 30.7 Å². The number of methoxy groups -OCH3 is 1.